The maximum absolute atomic E-state index is 12.4. The molecular weight excluding hydrogens is 575 g/mol. The second-order valence-corrected chi connectivity index (χ2v) is 7.89. The predicted molar refractivity (Wildman–Crippen MR) is 121 cm³/mol. The van der Waals surface area contributed by atoms with E-state index in [0.29, 0.717) is 31.4 Å². The van der Waals surface area contributed by atoms with Crippen LogP contribution >= 0.6 is 31.9 Å². The Morgan fingerprint density at radius 2 is 1.13 bits per heavy atom. The van der Waals surface area contributed by atoms with Crippen LogP contribution in [0.15, 0.2) is 67.5 Å². The van der Waals surface area contributed by atoms with Crippen LogP contribution in [0.3, 0.4) is 0 Å². The largest absolute Gasteiger partial charge is 2.00 e. The van der Waals surface area contributed by atoms with Gasteiger partial charge in [0.15, 0.2) is 0 Å². The third-order valence-corrected chi connectivity index (χ3v) is 5.02. The number of hydrogen-bond donors (Lipinski definition) is 0. The molecule has 0 aliphatic carbocycles. The molecular formula is C22H16Br2N2NiO4. The van der Waals surface area contributed by atoms with E-state index >= 15 is 0 Å². The van der Waals surface area contributed by atoms with Gasteiger partial charge in [-0.15, -0.1) is 0 Å². The molecule has 3 aromatic rings. The third-order valence-electron chi connectivity index (χ3n) is 4.10. The number of para-hydroxylation sites is 2. The van der Waals surface area contributed by atoms with Crippen LogP contribution in [0.1, 0.15) is 11.1 Å². The fourth-order valence-electron chi connectivity index (χ4n) is 2.63. The Hall–Kier alpha value is -2.35. The van der Waals surface area contributed by atoms with E-state index in [0.717, 1.165) is 0 Å². The van der Waals surface area contributed by atoms with Crippen molar-refractivity contribution in [2.24, 2.45) is 9.98 Å². The average Bonchev–Trinajstić information content (AvgIpc) is 2.74. The molecule has 162 valence electrons. The van der Waals surface area contributed by atoms with Crippen LogP contribution in [-0.2, 0) is 16.5 Å². The Labute approximate surface area is 206 Å². The summed E-state index contributed by atoms with van der Waals surface area (Å²) in [6, 6.07) is 13.7. The van der Waals surface area contributed by atoms with Crippen LogP contribution in [0.4, 0.5) is 11.4 Å². The van der Waals surface area contributed by atoms with Crippen molar-refractivity contribution < 1.29 is 36.2 Å². The molecule has 0 radical (unpaired) electrons. The molecule has 0 bridgehead atoms. The fraction of sp³-hybridized carbons (Fsp3) is 0.0909. The van der Waals surface area contributed by atoms with Crippen LogP contribution in [-0.4, -0.2) is 26.6 Å². The summed E-state index contributed by atoms with van der Waals surface area (Å²) in [6.45, 7) is 0. The summed E-state index contributed by atoms with van der Waals surface area (Å²) in [5.41, 5.74) is 1.83. The summed E-state index contributed by atoms with van der Waals surface area (Å²) in [5.74, 6) is -0.0715. The molecule has 0 N–H and O–H groups in total. The van der Waals surface area contributed by atoms with Crippen molar-refractivity contribution in [1.82, 2.24) is 0 Å². The molecule has 0 heterocycles. The van der Waals surface area contributed by atoms with Gasteiger partial charge >= 0.3 is 16.5 Å². The van der Waals surface area contributed by atoms with E-state index in [2.05, 4.69) is 41.8 Å². The van der Waals surface area contributed by atoms with Gasteiger partial charge in [0.25, 0.3) is 0 Å². The number of rotatable bonds is 6. The van der Waals surface area contributed by atoms with E-state index in [1.54, 1.807) is 36.4 Å². The number of methoxy groups -OCH3 is 2. The molecule has 0 amide bonds. The van der Waals surface area contributed by atoms with Crippen molar-refractivity contribution >= 4 is 55.7 Å². The molecule has 0 saturated carbocycles. The zero-order chi connectivity index (χ0) is 21.7. The van der Waals surface area contributed by atoms with Gasteiger partial charge in [-0.1, -0.05) is 55.5 Å². The fourth-order valence-corrected chi connectivity index (χ4v) is 3.54. The molecule has 0 unspecified atom stereocenters. The second-order valence-electron chi connectivity index (χ2n) is 6.06. The normalized spacial score (nSPS) is 11.0. The molecule has 0 atom stereocenters. The molecule has 6 nitrogen and oxygen atoms in total. The minimum absolute atomic E-state index is 0. The Kier molecular flexibility index (Phi) is 9.10. The van der Waals surface area contributed by atoms with E-state index in [-0.39, 0.29) is 39.5 Å². The minimum Gasteiger partial charge on any atom is -0.870 e. The molecule has 3 aromatic carbocycles. The molecule has 31 heavy (non-hydrogen) atoms. The molecule has 0 aliphatic rings. The molecule has 9 heteroatoms. The van der Waals surface area contributed by atoms with Crippen LogP contribution in [0.2, 0.25) is 0 Å². The molecule has 0 spiro atoms. The molecule has 0 aliphatic heterocycles. The average molecular weight is 591 g/mol. The van der Waals surface area contributed by atoms with Crippen LogP contribution in [0.25, 0.3) is 0 Å². The van der Waals surface area contributed by atoms with Crippen molar-refractivity contribution in [2.75, 3.05) is 14.2 Å². The van der Waals surface area contributed by atoms with Crippen LogP contribution in [0, 0.1) is 0 Å². The zero-order valence-corrected chi connectivity index (χ0v) is 20.5. The van der Waals surface area contributed by atoms with Crippen LogP contribution < -0.4 is 19.7 Å². The number of ether oxygens (including phenoxy) is 2. The van der Waals surface area contributed by atoms with E-state index < -0.39 is 0 Å². The van der Waals surface area contributed by atoms with Crippen molar-refractivity contribution in [1.29, 1.82) is 0 Å². The Balaban J connectivity index is 0.00000341. The SMILES string of the molecule is COc1cc(Br)cc(C=Nc2ccccc2N=Cc2cc(Br)cc(OC)c2[O-])c1[O-].[Ni+2]. The topological polar surface area (TPSA) is 89.3 Å². The predicted octanol–water partition coefficient (Wildman–Crippen LogP) is 4.87. The summed E-state index contributed by atoms with van der Waals surface area (Å²) in [7, 11) is 2.88. The Morgan fingerprint density at radius 1 is 0.742 bits per heavy atom. The maximum atomic E-state index is 12.4. The van der Waals surface area contributed by atoms with Crippen molar-refractivity contribution in [3.63, 3.8) is 0 Å². The number of nitrogens with zero attached hydrogens (tertiary/aromatic N) is 2. The molecule has 0 fully saturated rings. The zero-order valence-electron chi connectivity index (χ0n) is 16.4. The summed E-state index contributed by atoms with van der Waals surface area (Å²) in [4.78, 5) is 8.83. The first-order valence-electron chi connectivity index (χ1n) is 8.69. The molecule has 3 rings (SSSR count). The van der Waals surface area contributed by atoms with Crippen molar-refractivity contribution in [2.45, 2.75) is 0 Å². The monoisotopic (exact) mass is 588 g/mol. The van der Waals surface area contributed by atoms with Gasteiger partial charge in [-0.05, 0) is 47.5 Å². The van der Waals surface area contributed by atoms with E-state index in [9.17, 15) is 10.2 Å². The standard InChI is InChI=1S/C22H18Br2N2O4.Ni/c1-29-19-9-15(23)7-13(21(19)27)11-25-17-5-3-4-6-18(17)26-12-14-8-16(24)10-20(30-2)22(14)28;/h3-12,27-28H,1-2H3;/q;+2/p-2. The van der Waals surface area contributed by atoms with Gasteiger partial charge in [-0.25, -0.2) is 0 Å². The van der Waals surface area contributed by atoms with Gasteiger partial charge in [0, 0.05) is 21.4 Å². The van der Waals surface area contributed by atoms with Gasteiger partial charge in [0.2, 0.25) is 0 Å². The van der Waals surface area contributed by atoms with Crippen molar-refractivity contribution in [3.8, 4) is 23.0 Å². The maximum Gasteiger partial charge on any atom is 2.00 e. The first-order chi connectivity index (χ1) is 14.4. The summed E-state index contributed by atoms with van der Waals surface area (Å²) < 4.78 is 11.6. The number of benzene rings is 3. The summed E-state index contributed by atoms with van der Waals surface area (Å²) in [6.07, 6.45) is 2.93. The van der Waals surface area contributed by atoms with E-state index in [1.807, 2.05) is 12.1 Å². The van der Waals surface area contributed by atoms with Gasteiger partial charge in [0.1, 0.15) is 11.5 Å². The van der Waals surface area contributed by atoms with Gasteiger partial charge in [0.05, 0.1) is 25.6 Å². The first-order valence-corrected chi connectivity index (χ1v) is 10.3. The second kappa shape index (κ2) is 11.3. The Bertz CT molecular complexity index is 1050. The number of halogens is 2. The Morgan fingerprint density at radius 3 is 1.48 bits per heavy atom. The van der Waals surface area contributed by atoms with Crippen molar-refractivity contribution in [3.05, 3.63) is 68.6 Å². The van der Waals surface area contributed by atoms with Gasteiger partial charge < -0.3 is 19.7 Å². The number of hydrogen-bond acceptors (Lipinski definition) is 6. The first kappa shape index (κ1) is 24.9. The minimum atomic E-state index is -0.261. The molecule has 0 aromatic heterocycles. The van der Waals surface area contributed by atoms with E-state index in [1.165, 1.54) is 26.6 Å². The quantitative estimate of drug-likeness (QED) is 0.303. The number of aliphatic imine (C=N–C) groups is 2. The molecule has 0 saturated heterocycles. The van der Waals surface area contributed by atoms with Crippen LogP contribution in [0.5, 0.6) is 23.0 Å². The van der Waals surface area contributed by atoms with Gasteiger partial charge in [-0.3, -0.25) is 9.98 Å². The third kappa shape index (κ3) is 6.09. The smallest absolute Gasteiger partial charge is 0.870 e. The van der Waals surface area contributed by atoms with E-state index in [4.69, 9.17) is 9.47 Å². The summed E-state index contributed by atoms with van der Waals surface area (Å²) in [5, 5.41) is 24.8. The summed E-state index contributed by atoms with van der Waals surface area (Å²) >= 11 is 6.71. The van der Waals surface area contributed by atoms with Gasteiger partial charge in [-0.2, -0.15) is 0 Å².